The zero-order chi connectivity index (χ0) is 19.2. The van der Waals surface area contributed by atoms with Crippen molar-refractivity contribution >= 4 is 17.4 Å². The summed E-state index contributed by atoms with van der Waals surface area (Å²) in [4.78, 5) is 29.2. The third-order valence-electron chi connectivity index (χ3n) is 5.06. The summed E-state index contributed by atoms with van der Waals surface area (Å²) >= 11 is 0. The highest BCUT2D eigenvalue weighted by atomic mass is 16.5. The number of aliphatic hydroxyl groups excluding tert-OH is 1. The summed E-state index contributed by atoms with van der Waals surface area (Å²) in [6, 6.07) is 15.0. The van der Waals surface area contributed by atoms with Crippen molar-refractivity contribution in [2.75, 3.05) is 6.61 Å². The molecule has 0 aromatic heterocycles. The average Bonchev–Trinajstić information content (AvgIpc) is 2.90. The molecule has 0 bridgehead atoms. The lowest BCUT2D eigenvalue weighted by molar-refractivity contribution is -0.123. The van der Waals surface area contributed by atoms with E-state index in [9.17, 15) is 14.7 Å². The van der Waals surface area contributed by atoms with E-state index in [1.165, 1.54) is 0 Å². The molecule has 1 aliphatic carbocycles. The van der Waals surface area contributed by atoms with Gasteiger partial charge >= 0.3 is 0 Å². The molecule has 4 rings (SSSR count). The van der Waals surface area contributed by atoms with E-state index in [1.54, 1.807) is 32.0 Å². The molecule has 5 nitrogen and oxygen atoms in total. The van der Waals surface area contributed by atoms with Gasteiger partial charge in [-0.05, 0) is 31.5 Å². The molecule has 2 aromatic rings. The summed E-state index contributed by atoms with van der Waals surface area (Å²) < 4.78 is 5.95. The van der Waals surface area contributed by atoms with Crippen molar-refractivity contribution in [3.8, 4) is 5.75 Å². The van der Waals surface area contributed by atoms with E-state index in [0.717, 1.165) is 5.56 Å². The van der Waals surface area contributed by atoms with E-state index in [1.807, 2.05) is 30.3 Å². The fourth-order valence-corrected chi connectivity index (χ4v) is 3.54. The molecule has 136 valence electrons. The summed E-state index contributed by atoms with van der Waals surface area (Å²) in [5.41, 5.74) is 1.52. The Morgan fingerprint density at radius 3 is 2.52 bits per heavy atom. The number of aliphatic hydroxyl groups is 1. The molecule has 5 heteroatoms. The second-order valence-corrected chi connectivity index (χ2v) is 7.21. The fraction of sp³-hybridized carbons (Fsp3) is 0.227. The maximum Gasteiger partial charge on any atom is 0.256 e. The molecule has 0 unspecified atom stereocenters. The molecule has 0 saturated heterocycles. The van der Waals surface area contributed by atoms with Gasteiger partial charge < -0.3 is 9.84 Å². The van der Waals surface area contributed by atoms with E-state index >= 15 is 0 Å². The molecule has 0 radical (unpaired) electrons. The van der Waals surface area contributed by atoms with Crippen molar-refractivity contribution in [2.45, 2.75) is 20.3 Å². The van der Waals surface area contributed by atoms with Crippen LogP contribution in [0.15, 0.2) is 64.9 Å². The smallest absolute Gasteiger partial charge is 0.256 e. The summed E-state index contributed by atoms with van der Waals surface area (Å²) in [7, 11) is 0. The predicted molar refractivity (Wildman–Crippen MR) is 101 cm³/mol. The lowest BCUT2D eigenvalue weighted by Crippen LogP contribution is -2.29. The number of fused-ring (bicyclic) bond motifs is 3. The largest absolute Gasteiger partial charge is 0.504 e. The molecule has 1 aliphatic heterocycles. The maximum absolute atomic E-state index is 12.7. The van der Waals surface area contributed by atoms with Crippen LogP contribution >= 0.6 is 0 Å². The molecular weight excluding hydrogens is 342 g/mol. The SMILES string of the molecule is CC1(C)C(=O)N=C2C1=C(O)C(=O)c1cccc(OCCc3ccccc3)c12. The van der Waals surface area contributed by atoms with Gasteiger partial charge in [0.05, 0.1) is 23.3 Å². The standard InChI is InChI=1S/C22H19NO4/c1-22(2)17-18(23-21(22)26)16-14(19(24)20(17)25)9-6-10-15(16)27-12-11-13-7-4-3-5-8-13/h3-10,25H,11-12H2,1-2H3. The highest BCUT2D eigenvalue weighted by Gasteiger charge is 2.48. The molecule has 1 heterocycles. The second-order valence-electron chi connectivity index (χ2n) is 7.21. The molecule has 0 saturated carbocycles. The fourth-order valence-electron chi connectivity index (χ4n) is 3.54. The first-order valence-electron chi connectivity index (χ1n) is 8.83. The Hall–Kier alpha value is -3.21. The van der Waals surface area contributed by atoms with Gasteiger partial charge in [0.1, 0.15) is 5.75 Å². The summed E-state index contributed by atoms with van der Waals surface area (Å²) in [6.45, 7) is 3.74. The summed E-state index contributed by atoms with van der Waals surface area (Å²) in [5.74, 6) is -0.793. The van der Waals surface area contributed by atoms with Crippen LogP contribution < -0.4 is 4.74 Å². The molecule has 27 heavy (non-hydrogen) atoms. The zero-order valence-corrected chi connectivity index (χ0v) is 15.2. The maximum atomic E-state index is 12.7. The summed E-state index contributed by atoms with van der Waals surface area (Å²) in [5, 5.41) is 10.4. The Labute approximate surface area is 157 Å². The molecule has 2 aromatic carbocycles. The average molecular weight is 361 g/mol. The third kappa shape index (κ3) is 2.67. The Bertz CT molecular complexity index is 1020. The van der Waals surface area contributed by atoms with Crippen molar-refractivity contribution in [1.29, 1.82) is 0 Å². The van der Waals surface area contributed by atoms with Gasteiger partial charge in [-0.3, -0.25) is 9.59 Å². The van der Waals surface area contributed by atoms with E-state index in [-0.39, 0.29) is 11.5 Å². The van der Waals surface area contributed by atoms with Crippen molar-refractivity contribution in [3.63, 3.8) is 0 Å². The Morgan fingerprint density at radius 1 is 1.04 bits per heavy atom. The topological polar surface area (TPSA) is 76.0 Å². The van der Waals surface area contributed by atoms with Gasteiger partial charge in [0.2, 0.25) is 5.78 Å². The number of hydrogen-bond acceptors (Lipinski definition) is 4. The third-order valence-corrected chi connectivity index (χ3v) is 5.06. The first kappa shape index (κ1) is 17.2. The molecule has 1 amide bonds. The van der Waals surface area contributed by atoms with Gasteiger partial charge in [0.15, 0.2) is 5.76 Å². The normalized spacial score (nSPS) is 17.5. The monoisotopic (exact) mass is 361 g/mol. The first-order valence-corrected chi connectivity index (χ1v) is 8.83. The minimum atomic E-state index is -1.04. The van der Waals surface area contributed by atoms with Crippen molar-refractivity contribution in [2.24, 2.45) is 10.4 Å². The minimum Gasteiger partial charge on any atom is -0.504 e. The molecule has 0 fully saturated rings. The van der Waals surface area contributed by atoms with Gasteiger partial charge in [-0.15, -0.1) is 0 Å². The van der Waals surface area contributed by atoms with E-state index < -0.39 is 17.0 Å². The zero-order valence-electron chi connectivity index (χ0n) is 15.2. The van der Waals surface area contributed by atoms with Crippen LogP contribution in [0.25, 0.3) is 0 Å². The molecule has 0 spiro atoms. The van der Waals surface area contributed by atoms with Crippen molar-refractivity contribution < 1.29 is 19.4 Å². The quantitative estimate of drug-likeness (QED) is 0.901. The Morgan fingerprint density at radius 2 is 1.78 bits per heavy atom. The highest BCUT2D eigenvalue weighted by molar-refractivity contribution is 6.34. The number of carbonyl (C=O) groups excluding carboxylic acids is 2. The second kappa shape index (κ2) is 6.20. The Balaban J connectivity index is 1.71. The number of allylic oxidation sites excluding steroid dienone is 1. The number of rotatable bonds is 4. The number of nitrogens with zero attached hydrogens (tertiary/aromatic N) is 1. The van der Waals surface area contributed by atoms with Gasteiger partial charge in [0, 0.05) is 17.6 Å². The lowest BCUT2D eigenvalue weighted by atomic mass is 9.76. The molecule has 1 N–H and O–H groups in total. The van der Waals surface area contributed by atoms with E-state index in [4.69, 9.17) is 4.74 Å². The van der Waals surface area contributed by atoms with Crippen LogP contribution in [0.1, 0.15) is 35.3 Å². The van der Waals surface area contributed by atoms with Gasteiger partial charge in [-0.1, -0.05) is 36.4 Å². The number of carbonyl (C=O) groups is 2. The number of ketones is 1. The number of Topliss-reactive ketones (excluding diaryl/α,β-unsaturated/α-hetero) is 1. The number of amides is 1. The number of hydrogen-bond donors (Lipinski definition) is 1. The van der Waals surface area contributed by atoms with Crippen LogP contribution in [0.2, 0.25) is 0 Å². The van der Waals surface area contributed by atoms with Crippen LogP contribution in [0.3, 0.4) is 0 Å². The van der Waals surface area contributed by atoms with Gasteiger partial charge in [0.25, 0.3) is 5.91 Å². The molecule has 0 atom stereocenters. The Kier molecular flexibility index (Phi) is 3.95. The van der Waals surface area contributed by atoms with Crippen LogP contribution in [0.5, 0.6) is 5.75 Å². The predicted octanol–water partition coefficient (Wildman–Crippen LogP) is 3.67. The molecular formula is C22H19NO4. The van der Waals surface area contributed by atoms with Crippen LogP contribution in [-0.4, -0.2) is 29.1 Å². The number of ether oxygens (including phenoxy) is 1. The van der Waals surface area contributed by atoms with Gasteiger partial charge in [-0.25, -0.2) is 4.99 Å². The van der Waals surface area contributed by atoms with E-state index in [2.05, 4.69) is 4.99 Å². The van der Waals surface area contributed by atoms with Crippen molar-refractivity contribution in [3.05, 3.63) is 76.6 Å². The van der Waals surface area contributed by atoms with Crippen LogP contribution in [0, 0.1) is 5.41 Å². The number of aliphatic imine (C=N–C) groups is 1. The minimum absolute atomic E-state index is 0.282. The van der Waals surface area contributed by atoms with E-state index in [0.29, 0.717) is 35.6 Å². The number of benzene rings is 2. The molecule has 2 aliphatic rings. The first-order chi connectivity index (χ1) is 12.9. The van der Waals surface area contributed by atoms with Crippen LogP contribution in [-0.2, 0) is 11.2 Å². The summed E-state index contributed by atoms with van der Waals surface area (Å²) in [6.07, 6.45) is 0.712. The van der Waals surface area contributed by atoms with Crippen LogP contribution in [0.4, 0.5) is 0 Å². The van der Waals surface area contributed by atoms with Gasteiger partial charge in [-0.2, -0.15) is 0 Å². The van der Waals surface area contributed by atoms with Crippen molar-refractivity contribution in [1.82, 2.24) is 0 Å². The highest BCUT2D eigenvalue weighted by Crippen LogP contribution is 2.44. The lowest BCUT2D eigenvalue weighted by Gasteiger charge is -2.25.